The number of rotatable bonds is 4. The number of methoxy groups -OCH3 is 1. The molecule has 1 N–H and O–H groups in total. The Hall–Kier alpha value is -3.48. The van der Waals surface area contributed by atoms with E-state index in [1.165, 1.54) is 0 Å². The number of nitrogens with one attached hydrogen (secondary N) is 1. The lowest BCUT2D eigenvalue weighted by molar-refractivity contribution is 0.415. The Morgan fingerprint density at radius 2 is 1.88 bits per heavy atom. The van der Waals surface area contributed by atoms with E-state index < -0.39 is 0 Å². The van der Waals surface area contributed by atoms with Gasteiger partial charge in [0.2, 0.25) is 0 Å². The predicted octanol–water partition coefficient (Wildman–Crippen LogP) is 2.97. The lowest BCUT2D eigenvalue weighted by Crippen LogP contribution is -2.00. The highest BCUT2D eigenvalue weighted by atomic mass is 16.5. The molecule has 124 valence electrons. The molecule has 0 saturated carbocycles. The van der Waals surface area contributed by atoms with Crippen LogP contribution in [0, 0.1) is 0 Å². The molecule has 25 heavy (non-hydrogen) atoms. The summed E-state index contributed by atoms with van der Waals surface area (Å²) in [5, 5.41) is 13.6. The molecule has 0 saturated heterocycles. The lowest BCUT2D eigenvalue weighted by atomic mass is 10.2. The van der Waals surface area contributed by atoms with Crippen molar-refractivity contribution in [2.75, 3.05) is 12.5 Å². The Morgan fingerprint density at radius 3 is 2.68 bits per heavy atom. The van der Waals surface area contributed by atoms with Crippen molar-refractivity contribution in [1.82, 2.24) is 19.7 Å². The maximum atomic E-state index is 5.13. The minimum absolute atomic E-state index is 0.350. The summed E-state index contributed by atoms with van der Waals surface area (Å²) >= 11 is 0. The second-order valence-corrected chi connectivity index (χ2v) is 5.53. The van der Waals surface area contributed by atoms with Crippen molar-refractivity contribution in [3.8, 4) is 5.75 Å². The number of aryl methyl sites for hydroxylation is 1. The molecule has 7 heteroatoms. The van der Waals surface area contributed by atoms with Gasteiger partial charge in [-0.05, 0) is 35.9 Å². The number of benzene rings is 2. The number of nitrogens with zero attached hydrogens (tertiary/aromatic N) is 5. The molecular weight excluding hydrogens is 316 g/mol. The van der Waals surface area contributed by atoms with E-state index in [1.54, 1.807) is 13.3 Å². The Kier molecular flexibility index (Phi) is 3.74. The summed E-state index contributed by atoms with van der Waals surface area (Å²) in [4.78, 5) is 4.52. The van der Waals surface area contributed by atoms with Crippen LogP contribution in [0.4, 0.5) is 5.95 Å². The highest BCUT2D eigenvalue weighted by Crippen LogP contribution is 2.24. The largest absolute Gasteiger partial charge is 0.497 e. The molecule has 0 aliphatic carbocycles. The molecule has 0 spiro atoms. The third-order valence-electron chi connectivity index (χ3n) is 4.00. The van der Waals surface area contributed by atoms with Crippen LogP contribution in [0.3, 0.4) is 0 Å². The van der Waals surface area contributed by atoms with Crippen LogP contribution >= 0.6 is 0 Å². The van der Waals surface area contributed by atoms with E-state index in [2.05, 4.69) is 25.7 Å². The fourth-order valence-corrected chi connectivity index (χ4v) is 2.71. The molecule has 0 aliphatic heterocycles. The number of fused-ring (bicyclic) bond motifs is 3. The van der Waals surface area contributed by atoms with Crippen molar-refractivity contribution in [3.05, 3.63) is 54.1 Å². The van der Waals surface area contributed by atoms with E-state index in [0.717, 1.165) is 33.4 Å². The number of anilines is 1. The molecule has 0 bridgehead atoms. The molecule has 7 nitrogen and oxygen atoms in total. The molecule has 0 atom stereocenters. The molecule has 0 amide bonds. The zero-order valence-electron chi connectivity index (χ0n) is 13.8. The third kappa shape index (κ3) is 2.76. The minimum atomic E-state index is 0.350. The molecule has 4 aromatic rings. The van der Waals surface area contributed by atoms with E-state index >= 15 is 0 Å². The first-order valence-electron chi connectivity index (χ1n) is 7.77. The van der Waals surface area contributed by atoms with Crippen molar-refractivity contribution in [3.63, 3.8) is 0 Å². The summed E-state index contributed by atoms with van der Waals surface area (Å²) < 4.78 is 7.13. The average molecular weight is 332 g/mol. The zero-order chi connectivity index (χ0) is 17.2. The third-order valence-corrected chi connectivity index (χ3v) is 4.00. The number of para-hydroxylation sites is 1. The van der Waals surface area contributed by atoms with E-state index in [4.69, 9.17) is 4.74 Å². The summed E-state index contributed by atoms with van der Waals surface area (Å²) in [6.07, 6.45) is 1.69. The normalized spacial score (nSPS) is 11.4. The first-order valence-corrected chi connectivity index (χ1v) is 7.77. The Bertz CT molecular complexity index is 1070. The van der Waals surface area contributed by atoms with E-state index in [0.29, 0.717) is 5.95 Å². The van der Waals surface area contributed by atoms with Gasteiger partial charge in [0.15, 0.2) is 5.65 Å². The van der Waals surface area contributed by atoms with Gasteiger partial charge in [-0.25, -0.2) is 5.43 Å². The maximum Gasteiger partial charge on any atom is 0.265 e. The number of hydrazone groups is 1. The van der Waals surface area contributed by atoms with Crippen LogP contribution < -0.4 is 10.2 Å². The van der Waals surface area contributed by atoms with E-state index in [1.807, 2.05) is 60.1 Å². The highest BCUT2D eigenvalue weighted by molar-refractivity contribution is 6.04. The van der Waals surface area contributed by atoms with E-state index in [9.17, 15) is 0 Å². The van der Waals surface area contributed by atoms with Gasteiger partial charge in [0.1, 0.15) is 11.3 Å². The molecule has 2 heterocycles. The number of hydrogen-bond acceptors (Lipinski definition) is 6. The van der Waals surface area contributed by atoms with Gasteiger partial charge in [-0.15, -0.1) is 10.2 Å². The number of hydrogen-bond donors (Lipinski definition) is 1. The smallest absolute Gasteiger partial charge is 0.265 e. The molecule has 2 aromatic heterocycles. The first kappa shape index (κ1) is 15.1. The second-order valence-electron chi connectivity index (χ2n) is 5.53. The molecule has 0 radical (unpaired) electrons. The fourth-order valence-electron chi connectivity index (χ4n) is 2.71. The summed E-state index contributed by atoms with van der Waals surface area (Å²) in [7, 11) is 3.60. The van der Waals surface area contributed by atoms with E-state index in [-0.39, 0.29) is 0 Å². The lowest BCUT2D eigenvalue weighted by Gasteiger charge is -2.00. The SMILES string of the molecule is COc1ccc(/C=N\Nc2nnc3c4ccccc4n(C)c3n2)cc1. The molecule has 0 aliphatic rings. The highest BCUT2D eigenvalue weighted by Gasteiger charge is 2.11. The maximum absolute atomic E-state index is 5.13. The van der Waals surface area contributed by atoms with Gasteiger partial charge in [-0.2, -0.15) is 10.1 Å². The first-order chi connectivity index (χ1) is 12.3. The summed E-state index contributed by atoms with van der Waals surface area (Å²) in [5.41, 5.74) is 6.37. The van der Waals surface area contributed by atoms with Crippen LogP contribution in [-0.4, -0.2) is 33.1 Å². The van der Waals surface area contributed by atoms with Gasteiger partial charge in [-0.3, -0.25) is 0 Å². The van der Waals surface area contributed by atoms with Gasteiger partial charge < -0.3 is 9.30 Å². The summed E-state index contributed by atoms with van der Waals surface area (Å²) in [6, 6.07) is 15.6. The van der Waals surface area contributed by atoms with Crippen LogP contribution in [0.15, 0.2) is 53.6 Å². The van der Waals surface area contributed by atoms with Crippen molar-refractivity contribution in [2.24, 2.45) is 12.1 Å². The number of ether oxygens (including phenoxy) is 1. The summed E-state index contributed by atoms with van der Waals surface area (Å²) in [5.74, 6) is 1.15. The van der Waals surface area contributed by atoms with Crippen LogP contribution in [0.5, 0.6) is 5.75 Å². The quantitative estimate of drug-likeness (QED) is 0.459. The zero-order valence-corrected chi connectivity index (χ0v) is 13.8. The predicted molar refractivity (Wildman–Crippen MR) is 98.0 cm³/mol. The van der Waals surface area contributed by atoms with Crippen LogP contribution in [0.25, 0.3) is 22.1 Å². The van der Waals surface area contributed by atoms with Crippen LogP contribution in [0.2, 0.25) is 0 Å². The summed E-state index contributed by atoms with van der Waals surface area (Å²) in [6.45, 7) is 0. The Balaban J connectivity index is 1.60. The van der Waals surface area contributed by atoms with Gasteiger partial charge in [0.25, 0.3) is 5.95 Å². The van der Waals surface area contributed by atoms with Crippen molar-refractivity contribution < 1.29 is 4.74 Å². The Morgan fingerprint density at radius 1 is 1.08 bits per heavy atom. The van der Waals surface area contributed by atoms with Crippen molar-refractivity contribution >= 4 is 34.2 Å². The topological polar surface area (TPSA) is 77.2 Å². The standard InChI is InChI=1S/C18H16N6O/c1-24-15-6-4-3-5-14(15)16-17(24)20-18(23-21-16)22-19-11-12-7-9-13(25-2)10-8-12/h3-11H,1-2H3,(H,20,22,23)/b19-11-. The van der Waals surface area contributed by atoms with Gasteiger partial charge in [-0.1, -0.05) is 18.2 Å². The second kappa shape index (κ2) is 6.20. The van der Waals surface area contributed by atoms with Crippen molar-refractivity contribution in [2.45, 2.75) is 0 Å². The Labute approximate surface area is 144 Å². The minimum Gasteiger partial charge on any atom is -0.497 e. The molecular formula is C18H16N6O. The van der Waals surface area contributed by atoms with Crippen LogP contribution in [0.1, 0.15) is 5.56 Å². The number of aromatic nitrogens is 4. The molecule has 2 aromatic carbocycles. The van der Waals surface area contributed by atoms with Gasteiger partial charge in [0, 0.05) is 12.4 Å². The fraction of sp³-hybridized carbons (Fsp3) is 0.111. The van der Waals surface area contributed by atoms with Crippen LogP contribution in [-0.2, 0) is 7.05 Å². The monoisotopic (exact) mass is 332 g/mol. The van der Waals surface area contributed by atoms with Gasteiger partial charge >= 0.3 is 0 Å². The van der Waals surface area contributed by atoms with Gasteiger partial charge in [0.05, 0.1) is 18.8 Å². The molecule has 0 unspecified atom stereocenters. The molecule has 0 fully saturated rings. The average Bonchev–Trinajstić information content (AvgIpc) is 2.95. The molecule has 4 rings (SSSR count). The van der Waals surface area contributed by atoms with Crippen molar-refractivity contribution in [1.29, 1.82) is 0 Å².